The van der Waals surface area contributed by atoms with Crippen LogP contribution in [0.15, 0.2) is 0 Å². The van der Waals surface area contributed by atoms with Gasteiger partial charge >= 0.3 is 0 Å². The molecule has 2 amide bonds. The van der Waals surface area contributed by atoms with Gasteiger partial charge in [0.1, 0.15) is 6.04 Å². The number of amides is 2. The number of fused-ring (bicyclic) bond motifs is 1. The molecule has 2 heterocycles. The first kappa shape index (κ1) is 19.7. The number of rotatable bonds is 4. The van der Waals surface area contributed by atoms with Crippen molar-refractivity contribution in [3.8, 4) is 0 Å². The number of hydrogen-bond donors (Lipinski definition) is 2. The molecule has 2 rings (SSSR count). The van der Waals surface area contributed by atoms with E-state index in [0.717, 1.165) is 25.2 Å². The summed E-state index contributed by atoms with van der Waals surface area (Å²) in [6.07, 6.45) is 1.10. The van der Waals surface area contributed by atoms with Crippen molar-refractivity contribution >= 4 is 23.4 Å². The molecule has 1 aromatic rings. The molecule has 2 N–H and O–H groups in total. The maximum absolute atomic E-state index is 12.6. The number of nitrogens with one attached hydrogen (secondary N) is 2. The van der Waals surface area contributed by atoms with Crippen molar-refractivity contribution in [2.75, 3.05) is 20.6 Å². The van der Waals surface area contributed by atoms with Gasteiger partial charge in [0.2, 0.25) is 17.1 Å². The van der Waals surface area contributed by atoms with Crippen LogP contribution in [-0.2, 0) is 29.1 Å². The molecule has 7 nitrogen and oxygen atoms in total. The lowest BCUT2D eigenvalue weighted by atomic mass is 9.86. The summed E-state index contributed by atoms with van der Waals surface area (Å²) in [6, 6.07) is -0.607. The lowest BCUT2D eigenvalue weighted by Gasteiger charge is -2.29. The van der Waals surface area contributed by atoms with E-state index in [-0.39, 0.29) is 18.2 Å². The molecule has 140 valence electrons. The Hall–Kier alpha value is -1.60. The van der Waals surface area contributed by atoms with E-state index >= 15 is 0 Å². The fourth-order valence-corrected chi connectivity index (χ4v) is 3.35. The summed E-state index contributed by atoms with van der Waals surface area (Å²) in [7, 11) is 3.61. The third-order valence-electron chi connectivity index (χ3n) is 4.46. The van der Waals surface area contributed by atoms with Gasteiger partial charge in [0, 0.05) is 20.1 Å². The van der Waals surface area contributed by atoms with Crippen molar-refractivity contribution in [3.05, 3.63) is 16.7 Å². The van der Waals surface area contributed by atoms with E-state index in [0.29, 0.717) is 17.5 Å². The number of aromatic nitrogens is 2. The van der Waals surface area contributed by atoms with Crippen molar-refractivity contribution < 1.29 is 9.59 Å². The standard InChI is InChI=1S/C17H28ClN5O2/c1-17(2,3)14(15(25)19-4)21-13(24)9-11-12-10-22(5)7-6-8-23(12)16(18)20-11/h14H,6-10H2,1-5H3,(H,19,25)(H,21,24)/t14-/m1/s1. The Labute approximate surface area is 154 Å². The molecule has 0 bridgehead atoms. The minimum Gasteiger partial charge on any atom is -0.357 e. The van der Waals surface area contributed by atoms with Gasteiger partial charge in [0.25, 0.3) is 0 Å². The van der Waals surface area contributed by atoms with E-state index in [2.05, 4.69) is 20.5 Å². The highest BCUT2D eigenvalue weighted by atomic mass is 35.5. The number of carbonyl (C=O) groups is 2. The fraction of sp³-hybridized carbons (Fsp3) is 0.706. The maximum Gasteiger partial charge on any atom is 0.242 e. The predicted molar refractivity (Wildman–Crippen MR) is 97.3 cm³/mol. The minimum absolute atomic E-state index is 0.111. The highest BCUT2D eigenvalue weighted by Crippen LogP contribution is 2.23. The molecule has 25 heavy (non-hydrogen) atoms. The molecule has 0 radical (unpaired) electrons. The molecule has 0 aliphatic carbocycles. The van der Waals surface area contributed by atoms with Crippen LogP contribution < -0.4 is 10.6 Å². The van der Waals surface area contributed by atoms with E-state index in [9.17, 15) is 9.59 Å². The molecule has 0 saturated heterocycles. The molecule has 0 unspecified atom stereocenters. The Kier molecular flexibility index (Phi) is 6.11. The van der Waals surface area contributed by atoms with Crippen LogP contribution in [0.5, 0.6) is 0 Å². The summed E-state index contributed by atoms with van der Waals surface area (Å²) >= 11 is 6.26. The third kappa shape index (κ3) is 4.73. The van der Waals surface area contributed by atoms with Crippen LogP contribution in [0.3, 0.4) is 0 Å². The SMILES string of the molecule is CNC(=O)[C@@H](NC(=O)Cc1nc(Cl)n2c1CN(C)CCC2)C(C)(C)C. The molecule has 0 saturated carbocycles. The van der Waals surface area contributed by atoms with Crippen molar-refractivity contribution in [2.45, 2.75) is 52.7 Å². The van der Waals surface area contributed by atoms with Crippen molar-refractivity contribution in [3.63, 3.8) is 0 Å². The highest BCUT2D eigenvalue weighted by Gasteiger charge is 2.32. The average Bonchev–Trinajstić information content (AvgIpc) is 2.69. The maximum atomic E-state index is 12.6. The van der Waals surface area contributed by atoms with E-state index in [1.54, 1.807) is 7.05 Å². The van der Waals surface area contributed by atoms with E-state index < -0.39 is 11.5 Å². The Morgan fingerprint density at radius 1 is 1.32 bits per heavy atom. The Morgan fingerprint density at radius 2 is 2.00 bits per heavy atom. The van der Waals surface area contributed by atoms with Crippen molar-refractivity contribution in [1.82, 2.24) is 25.1 Å². The molecule has 1 aliphatic rings. The smallest absolute Gasteiger partial charge is 0.242 e. The lowest BCUT2D eigenvalue weighted by molar-refractivity contribution is -0.131. The minimum atomic E-state index is -0.607. The Bertz CT molecular complexity index is 650. The van der Waals surface area contributed by atoms with Crippen LogP contribution in [0.4, 0.5) is 0 Å². The third-order valence-corrected chi connectivity index (χ3v) is 4.75. The molecule has 0 spiro atoms. The molecular weight excluding hydrogens is 342 g/mol. The zero-order chi connectivity index (χ0) is 18.8. The fourth-order valence-electron chi connectivity index (χ4n) is 3.07. The Morgan fingerprint density at radius 3 is 2.60 bits per heavy atom. The second kappa shape index (κ2) is 7.74. The van der Waals surface area contributed by atoms with Gasteiger partial charge in [-0.3, -0.25) is 9.59 Å². The quantitative estimate of drug-likeness (QED) is 0.835. The number of hydrogen-bond acceptors (Lipinski definition) is 4. The van der Waals surface area contributed by atoms with Crippen molar-refractivity contribution in [2.24, 2.45) is 5.41 Å². The zero-order valence-electron chi connectivity index (χ0n) is 15.6. The van der Waals surface area contributed by atoms with Crippen LogP contribution in [0.1, 0.15) is 38.6 Å². The van der Waals surface area contributed by atoms with E-state index in [1.807, 2.05) is 32.4 Å². The van der Waals surface area contributed by atoms with Crippen LogP contribution in [0.25, 0.3) is 0 Å². The number of halogens is 1. The van der Waals surface area contributed by atoms with Crippen LogP contribution >= 0.6 is 11.6 Å². The van der Waals surface area contributed by atoms with Gasteiger partial charge in [-0.2, -0.15) is 0 Å². The van der Waals surface area contributed by atoms with Gasteiger partial charge in [-0.15, -0.1) is 0 Å². The largest absolute Gasteiger partial charge is 0.357 e. The lowest BCUT2D eigenvalue weighted by Crippen LogP contribution is -2.53. The highest BCUT2D eigenvalue weighted by molar-refractivity contribution is 6.28. The topological polar surface area (TPSA) is 79.3 Å². The first-order chi connectivity index (χ1) is 11.6. The summed E-state index contributed by atoms with van der Waals surface area (Å²) < 4.78 is 1.98. The molecule has 1 aliphatic heterocycles. The molecule has 1 aromatic heterocycles. The van der Waals surface area contributed by atoms with Gasteiger partial charge in [-0.05, 0) is 37.0 Å². The van der Waals surface area contributed by atoms with E-state index in [1.165, 1.54) is 0 Å². The molecule has 1 atom stereocenters. The summed E-state index contributed by atoms with van der Waals surface area (Å²) in [6.45, 7) is 8.24. The first-order valence-corrected chi connectivity index (χ1v) is 8.94. The summed E-state index contributed by atoms with van der Waals surface area (Å²) in [5, 5.41) is 5.87. The predicted octanol–water partition coefficient (Wildman–Crippen LogP) is 1.19. The summed E-state index contributed by atoms with van der Waals surface area (Å²) in [5.74, 6) is -0.435. The van der Waals surface area contributed by atoms with Gasteiger partial charge in [-0.1, -0.05) is 20.8 Å². The van der Waals surface area contributed by atoms with Crippen molar-refractivity contribution in [1.29, 1.82) is 0 Å². The van der Waals surface area contributed by atoms with Gasteiger partial charge < -0.3 is 20.1 Å². The van der Waals surface area contributed by atoms with Gasteiger partial charge in [-0.25, -0.2) is 4.98 Å². The van der Waals surface area contributed by atoms with E-state index in [4.69, 9.17) is 11.6 Å². The number of nitrogens with zero attached hydrogens (tertiary/aromatic N) is 3. The normalized spacial score (nSPS) is 16.7. The number of imidazole rings is 1. The average molecular weight is 370 g/mol. The molecule has 0 fully saturated rings. The molecule has 8 heteroatoms. The molecular formula is C17H28ClN5O2. The van der Waals surface area contributed by atoms with Crippen LogP contribution in [-0.4, -0.2) is 52.9 Å². The summed E-state index contributed by atoms with van der Waals surface area (Å²) in [4.78, 5) is 31.2. The molecule has 0 aromatic carbocycles. The number of likely N-dealkylation sites (N-methyl/N-ethyl adjacent to an activating group) is 1. The first-order valence-electron chi connectivity index (χ1n) is 8.56. The Balaban J connectivity index is 2.17. The van der Waals surface area contributed by atoms with Gasteiger partial charge in [0.15, 0.2) is 0 Å². The summed E-state index contributed by atoms with van der Waals surface area (Å²) in [5.41, 5.74) is 1.27. The monoisotopic (exact) mass is 369 g/mol. The van der Waals surface area contributed by atoms with Crippen LogP contribution in [0, 0.1) is 5.41 Å². The van der Waals surface area contributed by atoms with Crippen LogP contribution in [0.2, 0.25) is 5.28 Å². The second-order valence-corrected chi connectivity index (χ2v) is 8.01. The van der Waals surface area contributed by atoms with Gasteiger partial charge in [0.05, 0.1) is 17.8 Å². The number of carbonyl (C=O) groups excluding carboxylic acids is 2. The zero-order valence-corrected chi connectivity index (χ0v) is 16.4. The second-order valence-electron chi connectivity index (χ2n) is 7.67.